The lowest BCUT2D eigenvalue weighted by Gasteiger charge is -2.25. The van der Waals surface area contributed by atoms with Gasteiger partial charge in [0.1, 0.15) is 0 Å². The van der Waals surface area contributed by atoms with Crippen molar-refractivity contribution in [2.75, 3.05) is 25.7 Å². The maximum Gasteiger partial charge on any atom is 0.335 e. The molecule has 0 N–H and O–H groups in total. The molecule has 106 valence electrons. The topological polar surface area (TPSA) is 38.8 Å². The van der Waals surface area contributed by atoms with Gasteiger partial charge in [0.05, 0.1) is 11.3 Å². The van der Waals surface area contributed by atoms with E-state index in [1.54, 1.807) is 0 Å². The standard InChI is InChI=1S/C13H19BrNO3P/c1-4-15(11-8-6-5-7-10(11)14)12-9-13(12)19(16,17-2)18-3/h5-8,12-13H,4,9H2,1-3H3/t12-,13-/m1/s1. The lowest BCUT2D eigenvalue weighted by molar-refractivity contribution is 0.274. The van der Waals surface area contributed by atoms with E-state index in [1.807, 2.05) is 18.2 Å². The van der Waals surface area contributed by atoms with Crippen LogP contribution in [0.1, 0.15) is 13.3 Å². The van der Waals surface area contributed by atoms with Crippen molar-refractivity contribution in [3.8, 4) is 0 Å². The second-order valence-corrected chi connectivity index (χ2v) is 7.84. The van der Waals surface area contributed by atoms with Gasteiger partial charge in [-0.3, -0.25) is 4.57 Å². The number of para-hydroxylation sites is 1. The normalized spacial score (nSPS) is 22.3. The molecule has 1 aliphatic carbocycles. The van der Waals surface area contributed by atoms with Crippen molar-refractivity contribution in [3.05, 3.63) is 28.7 Å². The largest absolute Gasteiger partial charge is 0.367 e. The van der Waals surface area contributed by atoms with E-state index in [-0.39, 0.29) is 11.7 Å². The molecule has 0 heterocycles. The van der Waals surface area contributed by atoms with Gasteiger partial charge in [0, 0.05) is 31.3 Å². The monoisotopic (exact) mass is 347 g/mol. The first-order valence-corrected chi connectivity index (χ1v) is 8.70. The van der Waals surface area contributed by atoms with Crippen LogP contribution in [-0.2, 0) is 13.6 Å². The summed E-state index contributed by atoms with van der Waals surface area (Å²) in [5.74, 6) is 0. The summed E-state index contributed by atoms with van der Waals surface area (Å²) in [6, 6.07) is 8.29. The average molecular weight is 348 g/mol. The summed E-state index contributed by atoms with van der Waals surface area (Å²) >= 11 is 3.57. The average Bonchev–Trinajstić information content (AvgIpc) is 3.22. The minimum absolute atomic E-state index is 0.0328. The summed E-state index contributed by atoms with van der Waals surface area (Å²) in [6.07, 6.45) is 0.841. The van der Waals surface area contributed by atoms with Crippen molar-refractivity contribution in [3.63, 3.8) is 0 Å². The van der Waals surface area contributed by atoms with E-state index in [9.17, 15) is 4.57 Å². The third-order valence-corrected chi connectivity index (χ3v) is 6.60. The van der Waals surface area contributed by atoms with Crippen molar-refractivity contribution in [2.45, 2.75) is 25.0 Å². The first-order chi connectivity index (χ1) is 9.07. The van der Waals surface area contributed by atoms with Crippen LogP contribution in [0.3, 0.4) is 0 Å². The van der Waals surface area contributed by atoms with Crippen LogP contribution >= 0.6 is 23.5 Å². The number of benzene rings is 1. The molecule has 0 bridgehead atoms. The number of rotatable bonds is 6. The molecule has 0 saturated heterocycles. The van der Waals surface area contributed by atoms with Gasteiger partial charge in [0.2, 0.25) is 0 Å². The fourth-order valence-corrected chi connectivity index (χ4v) is 4.72. The van der Waals surface area contributed by atoms with Crippen LogP contribution in [0.25, 0.3) is 0 Å². The van der Waals surface area contributed by atoms with E-state index in [0.717, 1.165) is 23.1 Å². The van der Waals surface area contributed by atoms with Crippen LogP contribution in [-0.4, -0.2) is 32.5 Å². The Kier molecular flexibility index (Phi) is 4.72. The molecule has 19 heavy (non-hydrogen) atoms. The lowest BCUT2D eigenvalue weighted by Crippen LogP contribution is -2.28. The highest BCUT2D eigenvalue weighted by Gasteiger charge is 2.54. The van der Waals surface area contributed by atoms with E-state index in [2.05, 4.69) is 33.8 Å². The maximum absolute atomic E-state index is 12.4. The van der Waals surface area contributed by atoms with Gasteiger partial charge in [0.25, 0.3) is 0 Å². The molecule has 1 fully saturated rings. The molecule has 0 unspecified atom stereocenters. The van der Waals surface area contributed by atoms with Crippen LogP contribution < -0.4 is 4.90 Å². The Morgan fingerprint density at radius 1 is 1.37 bits per heavy atom. The Hall–Kier alpha value is -0.350. The van der Waals surface area contributed by atoms with Gasteiger partial charge in [0.15, 0.2) is 0 Å². The van der Waals surface area contributed by atoms with E-state index in [4.69, 9.17) is 9.05 Å². The maximum atomic E-state index is 12.4. The highest BCUT2D eigenvalue weighted by Crippen LogP contribution is 2.63. The molecular weight excluding hydrogens is 329 g/mol. The van der Waals surface area contributed by atoms with Gasteiger partial charge < -0.3 is 13.9 Å². The first kappa shape index (κ1) is 15.0. The van der Waals surface area contributed by atoms with Gasteiger partial charge >= 0.3 is 7.60 Å². The summed E-state index contributed by atoms with van der Waals surface area (Å²) in [6.45, 7) is 2.95. The van der Waals surface area contributed by atoms with Crippen molar-refractivity contribution >= 4 is 29.2 Å². The van der Waals surface area contributed by atoms with E-state index in [0.29, 0.717) is 0 Å². The zero-order valence-electron chi connectivity index (χ0n) is 11.4. The number of halogens is 1. The Bertz CT molecular complexity index is 489. The Morgan fingerprint density at radius 3 is 2.53 bits per heavy atom. The van der Waals surface area contributed by atoms with Crippen LogP contribution in [0.5, 0.6) is 0 Å². The highest BCUT2D eigenvalue weighted by atomic mass is 79.9. The fraction of sp³-hybridized carbons (Fsp3) is 0.538. The predicted octanol–water partition coefficient (Wildman–Crippen LogP) is 3.90. The molecule has 0 radical (unpaired) electrons. The van der Waals surface area contributed by atoms with E-state index in [1.165, 1.54) is 14.2 Å². The van der Waals surface area contributed by atoms with Crippen LogP contribution in [0, 0.1) is 0 Å². The minimum atomic E-state index is -2.96. The summed E-state index contributed by atoms with van der Waals surface area (Å²) in [5.41, 5.74) is 1.09. The molecular formula is C13H19BrNO3P. The summed E-state index contributed by atoms with van der Waals surface area (Å²) in [4.78, 5) is 2.25. The fourth-order valence-electron chi connectivity index (χ4n) is 2.46. The Morgan fingerprint density at radius 2 is 2.00 bits per heavy atom. The van der Waals surface area contributed by atoms with Gasteiger partial charge in [-0.15, -0.1) is 0 Å². The number of hydrogen-bond acceptors (Lipinski definition) is 4. The molecule has 1 saturated carbocycles. The second-order valence-electron chi connectivity index (χ2n) is 4.51. The van der Waals surface area contributed by atoms with Gasteiger partial charge in [-0.05, 0) is 41.4 Å². The zero-order chi connectivity index (χ0) is 14.0. The third-order valence-electron chi connectivity index (χ3n) is 3.54. The first-order valence-electron chi connectivity index (χ1n) is 6.29. The van der Waals surface area contributed by atoms with Crippen molar-refractivity contribution < 1.29 is 13.6 Å². The van der Waals surface area contributed by atoms with E-state index < -0.39 is 7.60 Å². The molecule has 0 aromatic heterocycles. The zero-order valence-corrected chi connectivity index (χ0v) is 13.9. The van der Waals surface area contributed by atoms with Gasteiger partial charge in [-0.2, -0.15) is 0 Å². The minimum Gasteiger partial charge on any atom is -0.367 e. The molecule has 0 aliphatic heterocycles. The number of anilines is 1. The van der Waals surface area contributed by atoms with E-state index >= 15 is 0 Å². The molecule has 4 nitrogen and oxygen atoms in total. The van der Waals surface area contributed by atoms with Crippen LogP contribution in [0.4, 0.5) is 5.69 Å². The molecule has 2 atom stereocenters. The number of nitrogens with zero attached hydrogens (tertiary/aromatic N) is 1. The molecule has 6 heteroatoms. The Labute approximate surface area is 122 Å². The lowest BCUT2D eigenvalue weighted by atomic mass is 10.3. The van der Waals surface area contributed by atoms with Crippen LogP contribution in [0.15, 0.2) is 28.7 Å². The smallest absolute Gasteiger partial charge is 0.335 e. The summed E-state index contributed by atoms with van der Waals surface area (Å²) in [7, 11) is -0.0522. The predicted molar refractivity (Wildman–Crippen MR) is 81.0 cm³/mol. The Balaban J connectivity index is 2.19. The van der Waals surface area contributed by atoms with Crippen molar-refractivity contribution in [1.82, 2.24) is 0 Å². The molecule has 0 amide bonds. The van der Waals surface area contributed by atoms with Gasteiger partial charge in [-0.1, -0.05) is 12.1 Å². The second kappa shape index (κ2) is 5.96. The van der Waals surface area contributed by atoms with Crippen molar-refractivity contribution in [2.24, 2.45) is 0 Å². The van der Waals surface area contributed by atoms with Crippen LogP contribution in [0.2, 0.25) is 0 Å². The molecule has 1 aromatic carbocycles. The molecule has 1 aliphatic rings. The third kappa shape index (κ3) is 2.89. The molecule has 2 rings (SSSR count). The summed E-state index contributed by atoms with van der Waals surface area (Å²) < 4.78 is 23.6. The summed E-state index contributed by atoms with van der Waals surface area (Å²) in [5, 5.41) is 0. The molecule has 1 aromatic rings. The quantitative estimate of drug-likeness (QED) is 0.731. The highest BCUT2D eigenvalue weighted by molar-refractivity contribution is 9.10. The van der Waals surface area contributed by atoms with Crippen molar-refractivity contribution in [1.29, 1.82) is 0 Å². The van der Waals surface area contributed by atoms with Gasteiger partial charge in [-0.25, -0.2) is 0 Å². The number of hydrogen-bond donors (Lipinski definition) is 0. The SMILES string of the molecule is CCN(c1ccccc1Br)[C@@H]1C[C@H]1P(=O)(OC)OC. The molecule has 0 spiro atoms.